The van der Waals surface area contributed by atoms with Crippen LogP contribution in [-0.4, -0.2) is 23.6 Å². The van der Waals surface area contributed by atoms with Crippen LogP contribution in [0.2, 0.25) is 5.02 Å². The molecule has 0 bridgehead atoms. The quantitative estimate of drug-likeness (QED) is 0.913. The Bertz CT molecular complexity index is 682. The van der Waals surface area contributed by atoms with E-state index in [-0.39, 0.29) is 5.16 Å². The summed E-state index contributed by atoms with van der Waals surface area (Å²) in [7, 11) is -3.51. The van der Waals surface area contributed by atoms with Crippen LogP contribution in [0.3, 0.4) is 0 Å². The number of benzene rings is 1. The Hall–Kier alpha value is -1.40. The maximum absolute atomic E-state index is 12.4. The molecule has 5 nitrogen and oxygen atoms in total. The highest BCUT2D eigenvalue weighted by Gasteiger charge is 2.37. The van der Waals surface area contributed by atoms with E-state index in [4.69, 9.17) is 11.6 Å². The third kappa shape index (κ3) is 1.64. The number of hydrogen-bond acceptors (Lipinski definition) is 4. The van der Waals surface area contributed by atoms with Gasteiger partial charge in [-0.25, -0.2) is 13.4 Å². The monoisotopic (exact) mass is 283 g/mol. The molecule has 1 atom stereocenters. The number of fused-ring (bicyclic) bond motifs is 1. The van der Waals surface area contributed by atoms with Crippen LogP contribution in [0.15, 0.2) is 29.7 Å². The fourth-order valence-corrected chi connectivity index (χ4v) is 4.26. The zero-order valence-electron chi connectivity index (χ0n) is 9.30. The van der Waals surface area contributed by atoms with Gasteiger partial charge >= 0.3 is 0 Å². The third-order valence-electron chi connectivity index (χ3n) is 3.20. The van der Waals surface area contributed by atoms with Gasteiger partial charge in [0.1, 0.15) is 6.33 Å². The molecule has 1 aliphatic rings. The van der Waals surface area contributed by atoms with Crippen LogP contribution < -0.4 is 0 Å². The van der Waals surface area contributed by atoms with Crippen molar-refractivity contribution in [1.29, 1.82) is 0 Å². The maximum atomic E-state index is 12.4. The summed E-state index contributed by atoms with van der Waals surface area (Å²) in [6.07, 6.45) is 2.40. The highest BCUT2D eigenvalue weighted by Crippen LogP contribution is 2.41. The number of hydrogen-bond donors (Lipinski definition) is 1. The molecule has 0 aliphatic heterocycles. The largest absolute Gasteiger partial charge is 0.250 e. The lowest BCUT2D eigenvalue weighted by Gasteiger charge is -2.10. The minimum atomic E-state index is -3.51. The van der Waals surface area contributed by atoms with Crippen molar-refractivity contribution in [2.45, 2.75) is 23.2 Å². The summed E-state index contributed by atoms with van der Waals surface area (Å²) in [5.41, 5.74) is 1.70. The molecule has 1 heterocycles. The van der Waals surface area contributed by atoms with Gasteiger partial charge in [-0.3, -0.25) is 5.10 Å². The fourth-order valence-electron chi connectivity index (χ4n) is 2.36. The lowest BCUT2D eigenvalue weighted by atomic mass is 10.1. The summed E-state index contributed by atoms with van der Waals surface area (Å²) in [5, 5.41) is 5.97. The third-order valence-corrected chi connectivity index (χ3v) is 5.52. The van der Waals surface area contributed by atoms with E-state index >= 15 is 0 Å². The van der Waals surface area contributed by atoms with Crippen LogP contribution in [-0.2, 0) is 16.3 Å². The van der Waals surface area contributed by atoms with Crippen LogP contribution in [0.1, 0.15) is 22.8 Å². The smallest absolute Gasteiger partial charge is 0.243 e. The standard InChI is InChI=1S/C11H10ClN3O2S/c12-9-3-1-2-8-7(9)4-5-10(8)18(16,17)11-13-6-14-15-11/h1-3,6,10H,4-5H2,(H,13,14,15). The average molecular weight is 284 g/mol. The Labute approximate surface area is 109 Å². The van der Waals surface area contributed by atoms with Crippen molar-refractivity contribution < 1.29 is 8.42 Å². The zero-order valence-corrected chi connectivity index (χ0v) is 10.9. The predicted molar refractivity (Wildman–Crippen MR) is 66.1 cm³/mol. The molecule has 1 aromatic heterocycles. The van der Waals surface area contributed by atoms with E-state index in [1.807, 2.05) is 6.07 Å². The molecule has 18 heavy (non-hydrogen) atoms. The second-order valence-corrected chi connectivity index (χ2v) is 6.62. The molecule has 0 spiro atoms. The molecule has 0 amide bonds. The van der Waals surface area contributed by atoms with Gasteiger partial charge in [0.2, 0.25) is 15.0 Å². The lowest BCUT2D eigenvalue weighted by Crippen LogP contribution is -2.12. The molecule has 1 unspecified atom stereocenters. The highest BCUT2D eigenvalue weighted by molar-refractivity contribution is 7.91. The number of halogens is 1. The number of aromatic nitrogens is 3. The molecule has 0 saturated heterocycles. The molecule has 1 aromatic carbocycles. The van der Waals surface area contributed by atoms with E-state index in [1.165, 1.54) is 6.33 Å². The van der Waals surface area contributed by atoms with Gasteiger partial charge in [0.15, 0.2) is 0 Å². The minimum Gasteiger partial charge on any atom is -0.250 e. The summed E-state index contributed by atoms with van der Waals surface area (Å²) in [5.74, 6) is 0. The molecule has 7 heteroatoms. The van der Waals surface area contributed by atoms with Crippen molar-refractivity contribution in [3.8, 4) is 0 Å². The van der Waals surface area contributed by atoms with Gasteiger partial charge in [-0.15, -0.1) is 0 Å². The first-order valence-corrected chi connectivity index (χ1v) is 7.39. The number of rotatable bonds is 2. The first-order valence-electron chi connectivity index (χ1n) is 5.47. The Kier molecular flexibility index (Phi) is 2.64. The Morgan fingerprint density at radius 2 is 2.22 bits per heavy atom. The van der Waals surface area contributed by atoms with E-state index in [0.29, 0.717) is 17.9 Å². The zero-order chi connectivity index (χ0) is 12.8. The predicted octanol–water partition coefficient (Wildman–Crippen LogP) is 1.92. The number of nitrogens with zero attached hydrogens (tertiary/aromatic N) is 2. The Morgan fingerprint density at radius 3 is 2.94 bits per heavy atom. The molecular weight excluding hydrogens is 274 g/mol. The van der Waals surface area contributed by atoms with Gasteiger partial charge in [0, 0.05) is 5.02 Å². The SMILES string of the molecule is O=S(=O)(c1ncn[nH]1)C1CCc2c(Cl)cccc21. The van der Waals surface area contributed by atoms with Gasteiger partial charge in [-0.2, -0.15) is 5.10 Å². The molecule has 0 radical (unpaired) electrons. The normalized spacial score (nSPS) is 18.8. The van der Waals surface area contributed by atoms with Crippen molar-refractivity contribution in [2.75, 3.05) is 0 Å². The molecule has 0 saturated carbocycles. The van der Waals surface area contributed by atoms with E-state index in [2.05, 4.69) is 15.2 Å². The van der Waals surface area contributed by atoms with Crippen LogP contribution in [0, 0.1) is 0 Å². The molecule has 3 rings (SSSR count). The summed E-state index contributed by atoms with van der Waals surface area (Å²) in [6, 6.07) is 5.37. The second kappa shape index (κ2) is 4.07. The van der Waals surface area contributed by atoms with Crippen LogP contribution in [0.4, 0.5) is 0 Å². The van der Waals surface area contributed by atoms with Crippen molar-refractivity contribution in [3.63, 3.8) is 0 Å². The molecular formula is C11H10ClN3O2S. The minimum absolute atomic E-state index is 0.0830. The first-order chi connectivity index (χ1) is 8.60. The molecule has 1 aliphatic carbocycles. The van der Waals surface area contributed by atoms with Crippen LogP contribution in [0.5, 0.6) is 0 Å². The molecule has 0 fully saturated rings. The Balaban J connectivity index is 2.11. The summed E-state index contributed by atoms with van der Waals surface area (Å²) >= 11 is 6.08. The van der Waals surface area contributed by atoms with Crippen LogP contribution in [0.25, 0.3) is 0 Å². The lowest BCUT2D eigenvalue weighted by molar-refractivity contribution is 0.572. The summed E-state index contributed by atoms with van der Waals surface area (Å²) < 4.78 is 24.8. The fraction of sp³-hybridized carbons (Fsp3) is 0.273. The van der Waals surface area contributed by atoms with Gasteiger partial charge in [0.05, 0.1) is 5.25 Å². The van der Waals surface area contributed by atoms with E-state index in [0.717, 1.165) is 11.1 Å². The average Bonchev–Trinajstić information content (AvgIpc) is 2.99. The summed E-state index contributed by atoms with van der Waals surface area (Å²) in [6.45, 7) is 0. The molecule has 1 N–H and O–H groups in total. The van der Waals surface area contributed by atoms with Crippen LogP contribution >= 0.6 is 11.6 Å². The topological polar surface area (TPSA) is 75.7 Å². The van der Waals surface area contributed by atoms with Gasteiger partial charge in [-0.1, -0.05) is 23.7 Å². The maximum Gasteiger partial charge on any atom is 0.243 e. The summed E-state index contributed by atoms with van der Waals surface area (Å²) in [4.78, 5) is 3.74. The van der Waals surface area contributed by atoms with Crippen molar-refractivity contribution in [1.82, 2.24) is 15.2 Å². The number of sulfone groups is 1. The van der Waals surface area contributed by atoms with Gasteiger partial charge in [-0.05, 0) is 30.0 Å². The van der Waals surface area contributed by atoms with Crippen molar-refractivity contribution in [3.05, 3.63) is 40.7 Å². The van der Waals surface area contributed by atoms with Crippen molar-refractivity contribution in [2.24, 2.45) is 0 Å². The van der Waals surface area contributed by atoms with Gasteiger partial charge in [0.25, 0.3) is 0 Å². The number of nitrogens with one attached hydrogen (secondary N) is 1. The Morgan fingerprint density at radius 1 is 1.39 bits per heavy atom. The van der Waals surface area contributed by atoms with E-state index in [9.17, 15) is 8.42 Å². The number of H-pyrrole nitrogens is 1. The molecule has 2 aromatic rings. The number of aromatic amines is 1. The highest BCUT2D eigenvalue weighted by atomic mass is 35.5. The van der Waals surface area contributed by atoms with E-state index in [1.54, 1.807) is 12.1 Å². The van der Waals surface area contributed by atoms with Crippen molar-refractivity contribution >= 4 is 21.4 Å². The van der Waals surface area contributed by atoms with Gasteiger partial charge < -0.3 is 0 Å². The molecule has 94 valence electrons. The first kappa shape index (κ1) is 11.7. The van der Waals surface area contributed by atoms with E-state index < -0.39 is 15.1 Å². The second-order valence-electron chi connectivity index (χ2n) is 4.17.